The lowest BCUT2D eigenvalue weighted by molar-refractivity contribution is 0.0773. The van der Waals surface area contributed by atoms with Crippen molar-refractivity contribution >= 4 is 5.91 Å². The van der Waals surface area contributed by atoms with E-state index >= 15 is 0 Å². The molecule has 1 unspecified atom stereocenters. The molecular weight excluding hydrogens is 340 g/mol. The predicted octanol–water partition coefficient (Wildman–Crippen LogP) is 1.88. The van der Waals surface area contributed by atoms with Gasteiger partial charge in [-0.2, -0.15) is 0 Å². The van der Waals surface area contributed by atoms with E-state index in [1.54, 1.807) is 13.3 Å². The first-order valence-electron chi connectivity index (χ1n) is 9.60. The molecule has 6 nitrogen and oxygen atoms in total. The number of likely N-dealkylation sites (tertiary alicyclic amines) is 1. The molecule has 2 saturated heterocycles. The first-order valence-corrected chi connectivity index (χ1v) is 9.60. The largest absolute Gasteiger partial charge is 0.496 e. The van der Waals surface area contributed by atoms with Gasteiger partial charge in [-0.05, 0) is 36.8 Å². The minimum absolute atomic E-state index is 0.0902. The van der Waals surface area contributed by atoms with Gasteiger partial charge in [0.2, 0.25) is 0 Å². The van der Waals surface area contributed by atoms with E-state index in [-0.39, 0.29) is 5.91 Å². The fraction of sp³-hybridized carbons (Fsp3) is 0.429. The summed E-state index contributed by atoms with van der Waals surface area (Å²) in [5, 5.41) is 3.39. The summed E-state index contributed by atoms with van der Waals surface area (Å²) in [6, 6.07) is 11.8. The summed E-state index contributed by atoms with van der Waals surface area (Å²) < 4.78 is 5.48. The molecule has 1 N–H and O–H groups in total. The maximum atomic E-state index is 13.1. The Balaban J connectivity index is 1.52. The number of benzene rings is 1. The molecule has 0 spiro atoms. The summed E-state index contributed by atoms with van der Waals surface area (Å²) in [5.41, 5.74) is 2.35. The Labute approximate surface area is 160 Å². The average molecular weight is 366 g/mol. The van der Waals surface area contributed by atoms with E-state index in [0.717, 1.165) is 62.7 Å². The SMILES string of the molecule is COc1ccc(C(=O)N2CCC(N3CCNCC3)C2)cc1-c1ccccn1. The molecule has 1 amide bonds. The summed E-state index contributed by atoms with van der Waals surface area (Å²) in [6.07, 6.45) is 2.80. The molecule has 2 aromatic rings. The van der Waals surface area contributed by atoms with Crippen molar-refractivity contribution in [3.8, 4) is 17.0 Å². The zero-order valence-corrected chi connectivity index (χ0v) is 15.7. The number of hydrogen-bond acceptors (Lipinski definition) is 5. The lowest BCUT2D eigenvalue weighted by Crippen LogP contribution is -2.49. The Kier molecular flexibility index (Phi) is 5.36. The smallest absolute Gasteiger partial charge is 0.253 e. The minimum Gasteiger partial charge on any atom is -0.496 e. The summed E-state index contributed by atoms with van der Waals surface area (Å²) in [4.78, 5) is 22.0. The molecule has 1 aromatic carbocycles. The van der Waals surface area contributed by atoms with Gasteiger partial charge < -0.3 is 15.0 Å². The summed E-state index contributed by atoms with van der Waals surface area (Å²) in [5.74, 6) is 0.817. The molecule has 4 rings (SSSR count). The Morgan fingerprint density at radius 1 is 1.19 bits per heavy atom. The minimum atomic E-state index is 0.0902. The van der Waals surface area contributed by atoms with Gasteiger partial charge in [0, 0.05) is 62.6 Å². The average Bonchev–Trinajstić information content (AvgIpc) is 3.24. The van der Waals surface area contributed by atoms with Crippen LogP contribution in [-0.2, 0) is 0 Å². The lowest BCUT2D eigenvalue weighted by atomic mass is 10.1. The van der Waals surface area contributed by atoms with Crippen molar-refractivity contribution in [1.29, 1.82) is 0 Å². The highest BCUT2D eigenvalue weighted by molar-refractivity contribution is 5.96. The summed E-state index contributed by atoms with van der Waals surface area (Å²) >= 11 is 0. The molecule has 2 fully saturated rings. The third-order valence-corrected chi connectivity index (χ3v) is 5.51. The van der Waals surface area contributed by atoms with Crippen molar-refractivity contribution in [3.63, 3.8) is 0 Å². The Morgan fingerprint density at radius 3 is 2.78 bits per heavy atom. The number of nitrogens with one attached hydrogen (secondary N) is 1. The van der Waals surface area contributed by atoms with Gasteiger partial charge in [0.15, 0.2) is 0 Å². The van der Waals surface area contributed by atoms with Gasteiger partial charge in [-0.25, -0.2) is 0 Å². The van der Waals surface area contributed by atoms with Crippen molar-refractivity contribution < 1.29 is 9.53 Å². The normalized spacial score (nSPS) is 20.6. The second-order valence-electron chi connectivity index (χ2n) is 7.11. The number of amides is 1. The molecule has 0 radical (unpaired) electrons. The van der Waals surface area contributed by atoms with Gasteiger partial charge in [0.1, 0.15) is 5.75 Å². The molecule has 142 valence electrons. The molecule has 2 aliphatic rings. The number of rotatable bonds is 4. The molecule has 2 aliphatic heterocycles. The zero-order chi connectivity index (χ0) is 18.6. The van der Waals surface area contributed by atoms with Crippen molar-refractivity contribution in [2.24, 2.45) is 0 Å². The maximum absolute atomic E-state index is 13.1. The van der Waals surface area contributed by atoms with E-state index in [9.17, 15) is 4.79 Å². The van der Waals surface area contributed by atoms with Gasteiger partial charge in [-0.15, -0.1) is 0 Å². The van der Waals surface area contributed by atoms with Crippen molar-refractivity contribution in [3.05, 3.63) is 48.2 Å². The fourth-order valence-electron chi connectivity index (χ4n) is 4.02. The second kappa shape index (κ2) is 8.06. The van der Waals surface area contributed by atoms with E-state index in [2.05, 4.69) is 15.2 Å². The van der Waals surface area contributed by atoms with Crippen molar-refractivity contribution in [2.45, 2.75) is 12.5 Å². The molecule has 1 aromatic heterocycles. The van der Waals surface area contributed by atoms with Crippen LogP contribution in [0.2, 0.25) is 0 Å². The number of pyridine rings is 1. The fourth-order valence-corrected chi connectivity index (χ4v) is 4.02. The van der Waals surface area contributed by atoms with E-state index in [1.807, 2.05) is 41.3 Å². The highest BCUT2D eigenvalue weighted by Crippen LogP contribution is 2.30. The molecule has 0 saturated carbocycles. The van der Waals surface area contributed by atoms with Gasteiger partial charge >= 0.3 is 0 Å². The lowest BCUT2D eigenvalue weighted by Gasteiger charge is -2.32. The molecular formula is C21H26N4O2. The number of hydrogen-bond donors (Lipinski definition) is 1. The van der Waals surface area contributed by atoms with E-state index < -0.39 is 0 Å². The van der Waals surface area contributed by atoms with Crippen LogP contribution >= 0.6 is 0 Å². The van der Waals surface area contributed by atoms with Crippen LogP contribution < -0.4 is 10.1 Å². The molecule has 0 aliphatic carbocycles. The van der Waals surface area contributed by atoms with Gasteiger partial charge in [0.25, 0.3) is 5.91 Å². The number of nitrogens with zero attached hydrogens (tertiary/aromatic N) is 3. The number of aromatic nitrogens is 1. The predicted molar refractivity (Wildman–Crippen MR) is 105 cm³/mol. The topological polar surface area (TPSA) is 57.7 Å². The molecule has 27 heavy (non-hydrogen) atoms. The van der Waals surface area contributed by atoms with Crippen LogP contribution in [0.5, 0.6) is 5.75 Å². The van der Waals surface area contributed by atoms with E-state index in [4.69, 9.17) is 4.74 Å². The summed E-state index contributed by atoms with van der Waals surface area (Å²) in [7, 11) is 1.64. The van der Waals surface area contributed by atoms with Crippen LogP contribution in [0.15, 0.2) is 42.6 Å². The standard InChI is InChI=1S/C21H26N4O2/c1-27-20-6-5-16(14-18(20)19-4-2-3-8-23-19)21(26)25-11-7-17(15-25)24-12-9-22-10-13-24/h2-6,8,14,17,22H,7,9-13,15H2,1H3. The molecule has 0 bridgehead atoms. The first kappa shape index (κ1) is 17.9. The van der Waals surface area contributed by atoms with Crippen molar-refractivity contribution in [1.82, 2.24) is 20.1 Å². The van der Waals surface area contributed by atoms with Gasteiger partial charge in [-0.3, -0.25) is 14.7 Å². The quantitative estimate of drug-likeness (QED) is 0.895. The van der Waals surface area contributed by atoms with Crippen LogP contribution in [-0.4, -0.2) is 73.1 Å². The van der Waals surface area contributed by atoms with E-state index in [0.29, 0.717) is 11.6 Å². The van der Waals surface area contributed by atoms with Crippen LogP contribution in [0.25, 0.3) is 11.3 Å². The Bertz CT molecular complexity index is 790. The van der Waals surface area contributed by atoms with Crippen molar-refractivity contribution in [2.75, 3.05) is 46.4 Å². The van der Waals surface area contributed by atoms with Crippen LogP contribution in [0.4, 0.5) is 0 Å². The maximum Gasteiger partial charge on any atom is 0.253 e. The molecule has 3 heterocycles. The zero-order valence-electron chi connectivity index (χ0n) is 15.7. The molecule has 6 heteroatoms. The number of methoxy groups -OCH3 is 1. The highest BCUT2D eigenvalue weighted by atomic mass is 16.5. The number of carbonyl (C=O) groups excluding carboxylic acids is 1. The second-order valence-corrected chi connectivity index (χ2v) is 7.11. The van der Waals surface area contributed by atoms with Crippen LogP contribution in [0.3, 0.4) is 0 Å². The Hall–Kier alpha value is -2.44. The highest BCUT2D eigenvalue weighted by Gasteiger charge is 2.31. The number of ether oxygens (including phenoxy) is 1. The monoisotopic (exact) mass is 366 g/mol. The Morgan fingerprint density at radius 2 is 2.04 bits per heavy atom. The van der Waals surface area contributed by atoms with Crippen LogP contribution in [0.1, 0.15) is 16.8 Å². The number of carbonyl (C=O) groups is 1. The third-order valence-electron chi connectivity index (χ3n) is 5.51. The first-order chi connectivity index (χ1) is 13.3. The van der Waals surface area contributed by atoms with E-state index in [1.165, 1.54) is 0 Å². The molecule has 1 atom stereocenters. The van der Waals surface area contributed by atoms with Gasteiger partial charge in [0.05, 0.1) is 12.8 Å². The third kappa shape index (κ3) is 3.82. The number of piperazine rings is 1. The van der Waals surface area contributed by atoms with Gasteiger partial charge in [-0.1, -0.05) is 6.07 Å². The summed E-state index contributed by atoms with van der Waals surface area (Å²) in [6.45, 7) is 5.84. The van der Waals surface area contributed by atoms with Crippen LogP contribution in [0, 0.1) is 0 Å².